The first-order chi connectivity index (χ1) is 13.7. The Labute approximate surface area is 180 Å². The van der Waals surface area contributed by atoms with Crippen LogP contribution in [0.25, 0.3) is 0 Å². The zero-order chi connectivity index (χ0) is 19.6. The Morgan fingerprint density at radius 3 is 2.34 bits per heavy atom. The smallest absolute Gasteiger partial charge is 0.220 e. The number of amides is 1. The number of aryl methyl sites for hydroxylation is 1. The van der Waals surface area contributed by atoms with E-state index in [-0.39, 0.29) is 24.1 Å². The third-order valence-corrected chi connectivity index (χ3v) is 5.34. The van der Waals surface area contributed by atoms with Gasteiger partial charge in [-0.3, -0.25) is 9.59 Å². The maximum absolute atomic E-state index is 12.8. The number of carbonyl (C=O) groups excluding carboxylic acids is 2. The Balaban J connectivity index is 0.00000300. The molecule has 1 aliphatic heterocycles. The molecule has 29 heavy (non-hydrogen) atoms. The maximum Gasteiger partial charge on any atom is 0.220 e. The predicted octanol–water partition coefficient (Wildman–Crippen LogP) is 4.26. The zero-order valence-electron chi connectivity index (χ0n) is 16.9. The standard InChI is InChI=1S/C24H30N2O2.ClH/c27-23(25-16-9-19-26-17-7-2-8-18-26)15-14-20-10-5-6-13-22(20)24(28)21-11-3-1-4-12-21;/h1,3-6,10-13H,2,7-9,14-19H2,(H,25,27);1H. The average molecular weight is 415 g/mol. The van der Waals surface area contributed by atoms with Crippen LogP contribution in [-0.4, -0.2) is 42.8 Å². The van der Waals surface area contributed by atoms with Crippen molar-refractivity contribution in [2.45, 2.75) is 38.5 Å². The van der Waals surface area contributed by atoms with Gasteiger partial charge < -0.3 is 10.2 Å². The highest BCUT2D eigenvalue weighted by Crippen LogP contribution is 2.16. The number of carbonyl (C=O) groups is 2. The van der Waals surface area contributed by atoms with E-state index in [0.717, 1.165) is 25.1 Å². The van der Waals surface area contributed by atoms with E-state index in [2.05, 4.69) is 10.2 Å². The quantitative estimate of drug-likeness (QED) is 0.492. The fourth-order valence-corrected chi connectivity index (χ4v) is 3.75. The van der Waals surface area contributed by atoms with Crippen LogP contribution >= 0.6 is 12.4 Å². The van der Waals surface area contributed by atoms with Gasteiger partial charge in [0, 0.05) is 24.1 Å². The molecule has 0 aliphatic carbocycles. The lowest BCUT2D eigenvalue weighted by Gasteiger charge is -2.26. The van der Waals surface area contributed by atoms with Crippen molar-refractivity contribution in [2.75, 3.05) is 26.2 Å². The summed E-state index contributed by atoms with van der Waals surface area (Å²) in [4.78, 5) is 27.5. The van der Waals surface area contributed by atoms with Crippen LogP contribution in [0.2, 0.25) is 0 Å². The van der Waals surface area contributed by atoms with Crippen LogP contribution in [0.15, 0.2) is 54.6 Å². The van der Waals surface area contributed by atoms with E-state index in [4.69, 9.17) is 0 Å². The van der Waals surface area contributed by atoms with Gasteiger partial charge in [-0.25, -0.2) is 0 Å². The number of hydrogen-bond donors (Lipinski definition) is 1. The van der Waals surface area contributed by atoms with Gasteiger partial charge in [-0.2, -0.15) is 0 Å². The zero-order valence-corrected chi connectivity index (χ0v) is 17.8. The molecular weight excluding hydrogens is 384 g/mol. The number of halogens is 1. The van der Waals surface area contributed by atoms with Crippen molar-refractivity contribution in [3.63, 3.8) is 0 Å². The minimum Gasteiger partial charge on any atom is -0.356 e. The summed E-state index contributed by atoms with van der Waals surface area (Å²) < 4.78 is 0. The van der Waals surface area contributed by atoms with Gasteiger partial charge in [-0.15, -0.1) is 12.4 Å². The molecule has 1 fully saturated rings. The molecule has 1 aliphatic rings. The number of rotatable bonds is 9. The summed E-state index contributed by atoms with van der Waals surface area (Å²) in [7, 11) is 0. The van der Waals surface area contributed by atoms with Crippen molar-refractivity contribution < 1.29 is 9.59 Å². The van der Waals surface area contributed by atoms with E-state index < -0.39 is 0 Å². The van der Waals surface area contributed by atoms with Crippen LogP contribution in [0.4, 0.5) is 0 Å². The van der Waals surface area contributed by atoms with E-state index in [9.17, 15) is 9.59 Å². The second kappa shape index (κ2) is 12.4. The lowest BCUT2D eigenvalue weighted by atomic mass is 9.96. The Morgan fingerprint density at radius 2 is 1.59 bits per heavy atom. The minimum atomic E-state index is 0. The molecule has 0 radical (unpaired) electrons. The molecule has 1 saturated heterocycles. The molecule has 5 heteroatoms. The van der Waals surface area contributed by atoms with Gasteiger partial charge in [0.05, 0.1) is 0 Å². The van der Waals surface area contributed by atoms with Crippen molar-refractivity contribution in [1.29, 1.82) is 0 Å². The van der Waals surface area contributed by atoms with E-state index >= 15 is 0 Å². The molecule has 156 valence electrons. The van der Waals surface area contributed by atoms with Crippen LogP contribution in [-0.2, 0) is 11.2 Å². The van der Waals surface area contributed by atoms with Crippen LogP contribution in [0.1, 0.15) is 53.6 Å². The molecule has 1 N–H and O–H groups in total. The third-order valence-electron chi connectivity index (χ3n) is 5.34. The van der Waals surface area contributed by atoms with Crippen LogP contribution in [0, 0.1) is 0 Å². The molecule has 0 spiro atoms. The number of nitrogens with one attached hydrogen (secondary N) is 1. The molecule has 1 heterocycles. The molecule has 1 amide bonds. The minimum absolute atomic E-state index is 0. The number of benzene rings is 2. The van der Waals surface area contributed by atoms with Gasteiger partial charge in [-0.1, -0.05) is 61.0 Å². The second-order valence-corrected chi connectivity index (χ2v) is 7.46. The highest BCUT2D eigenvalue weighted by Gasteiger charge is 2.14. The van der Waals surface area contributed by atoms with Crippen LogP contribution in [0.3, 0.4) is 0 Å². The number of hydrogen-bond acceptors (Lipinski definition) is 3. The summed E-state index contributed by atoms with van der Waals surface area (Å²) in [5.74, 6) is 0.0683. The average Bonchev–Trinajstić information content (AvgIpc) is 2.76. The summed E-state index contributed by atoms with van der Waals surface area (Å²) in [6.45, 7) is 4.18. The highest BCUT2D eigenvalue weighted by atomic mass is 35.5. The Hall–Kier alpha value is -2.17. The molecular formula is C24H31ClN2O2. The second-order valence-electron chi connectivity index (χ2n) is 7.46. The Bertz CT molecular complexity index is 773. The molecule has 2 aromatic carbocycles. The molecule has 0 bridgehead atoms. The topological polar surface area (TPSA) is 49.4 Å². The Morgan fingerprint density at radius 1 is 0.897 bits per heavy atom. The summed E-state index contributed by atoms with van der Waals surface area (Å²) in [6, 6.07) is 16.9. The number of nitrogens with zero attached hydrogens (tertiary/aromatic N) is 1. The summed E-state index contributed by atoms with van der Waals surface area (Å²) in [5, 5.41) is 3.02. The lowest BCUT2D eigenvalue weighted by Crippen LogP contribution is -2.33. The molecule has 2 aromatic rings. The molecule has 0 unspecified atom stereocenters. The van der Waals surface area contributed by atoms with Gasteiger partial charge in [0.15, 0.2) is 5.78 Å². The van der Waals surface area contributed by atoms with Crippen molar-refractivity contribution in [3.8, 4) is 0 Å². The first-order valence-electron chi connectivity index (χ1n) is 10.4. The van der Waals surface area contributed by atoms with E-state index in [1.807, 2.05) is 54.6 Å². The molecule has 0 atom stereocenters. The molecule has 0 saturated carbocycles. The fraction of sp³-hybridized carbons (Fsp3) is 0.417. The maximum atomic E-state index is 12.8. The van der Waals surface area contributed by atoms with Crippen molar-refractivity contribution >= 4 is 24.1 Å². The van der Waals surface area contributed by atoms with E-state index in [1.165, 1.54) is 32.4 Å². The monoisotopic (exact) mass is 414 g/mol. The number of ketones is 1. The van der Waals surface area contributed by atoms with Crippen molar-refractivity contribution in [3.05, 3.63) is 71.3 Å². The Kier molecular flexibility index (Phi) is 9.89. The van der Waals surface area contributed by atoms with Crippen LogP contribution < -0.4 is 5.32 Å². The van der Waals surface area contributed by atoms with Gasteiger partial charge in [-0.05, 0) is 50.9 Å². The highest BCUT2D eigenvalue weighted by molar-refractivity contribution is 6.09. The summed E-state index contributed by atoms with van der Waals surface area (Å²) in [5.41, 5.74) is 2.29. The predicted molar refractivity (Wildman–Crippen MR) is 120 cm³/mol. The van der Waals surface area contributed by atoms with Crippen molar-refractivity contribution in [1.82, 2.24) is 10.2 Å². The SMILES string of the molecule is Cl.O=C(CCc1ccccc1C(=O)c1ccccc1)NCCCN1CCCCC1. The summed E-state index contributed by atoms with van der Waals surface area (Å²) >= 11 is 0. The normalized spacial score (nSPS) is 14.1. The van der Waals surface area contributed by atoms with Gasteiger partial charge >= 0.3 is 0 Å². The molecule has 4 nitrogen and oxygen atoms in total. The van der Waals surface area contributed by atoms with E-state index in [0.29, 0.717) is 24.0 Å². The first-order valence-corrected chi connectivity index (χ1v) is 10.4. The number of piperidine rings is 1. The van der Waals surface area contributed by atoms with Crippen molar-refractivity contribution in [2.24, 2.45) is 0 Å². The number of likely N-dealkylation sites (tertiary alicyclic amines) is 1. The molecule has 3 rings (SSSR count). The first kappa shape index (κ1) is 23.1. The van der Waals surface area contributed by atoms with Gasteiger partial charge in [0.1, 0.15) is 0 Å². The van der Waals surface area contributed by atoms with E-state index in [1.54, 1.807) is 0 Å². The fourth-order valence-electron chi connectivity index (χ4n) is 3.75. The molecule has 0 aromatic heterocycles. The summed E-state index contributed by atoms with van der Waals surface area (Å²) in [6.07, 6.45) is 5.92. The lowest BCUT2D eigenvalue weighted by molar-refractivity contribution is -0.121. The van der Waals surface area contributed by atoms with Gasteiger partial charge in [0.25, 0.3) is 0 Å². The van der Waals surface area contributed by atoms with Gasteiger partial charge in [0.2, 0.25) is 5.91 Å². The third kappa shape index (κ3) is 7.30. The van der Waals surface area contributed by atoms with Crippen LogP contribution in [0.5, 0.6) is 0 Å². The largest absolute Gasteiger partial charge is 0.356 e.